The van der Waals surface area contributed by atoms with Crippen molar-refractivity contribution in [2.24, 2.45) is 0 Å². The molecule has 0 heterocycles. The summed E-state index contributed by atoms with van der Waals surface area (Å²) >= 11 is 0. The van der Waals surface area contributed by atoms with Crippen molar-refractivity contribution in [3.63, 3.8) is 0 Å². The van der Waals surface area contributed by atoms with E-state index in [1.165, 1.54) is 9.47 Å². The predicted molar refractivity (Wildman–Crippen MR) is 18.7 cm³/mol. The molecular formula is CH4O2PVW-. The van der Waals surface area contributed by atoms with Crippen LogP contribution in [0.4, 0.5) is 0 Å². The quantitative estimate of drug-likeness (QED) is 0.372. The Morgan fingerprint density at radius 3 is 1.33 bits per heavy atom. The normalized spacial score (nSPS) is 1.67. The minimum atomic E-state index is 0. The molecule has 6 heavy (non-hydrogen) atoms. The standard InChI is InChI=1S/CHO.H3OP.V.W/c2*1-2;;/h1H;1H,2H2;;/q-1;;;. The van der Waals surface area contributed by atoms with Crippen molar-refractivity contribution >= 4 is 16.3 Å². The van der Waals surface area contributed by atoms with Crippen LogP contribution in [-0.2, 0) is 44.4 Å². The fourth-order valence-electron chi connectivity index (χ4n) is 0. The van der Waals surface area contributed by atoms with Gasteiger partial charge in [0.05, 0.1) is 0 Å². The Bertz CT molecular complexity index is 13.5. The van der Waals surface area contributed by atoms with Gasteiger partial charge < -0.3 is 9.69 Å². The van der Waals surface area contributed by atoms with Gasteiger partial charge in [0.25, 0.3) is 0 Å². The number of carbonyl (C=O) groups excluding carboxylic acids is 1. The predicted octanol–water partition coefficient (Wildman–Crippen LogP) is -0.510. The van der Waals surface area contributed by atoms with Crippen LogP contribution in [0, 0.1) is 0 Å². The van der Waals surface area contributed by atoms with Gasteiger partial charge in [-0.3, -0.25) is 6.79 Å². The summed E-state index contributed by atoms with van der Waals surface area (Å²) in [6.45, 7) is 3.25. The second-order valence-corrected chi connectivity index (χ2v) is 0. The van der Waals surface area contributed by atoms with Crippen LogP contribution < -0.4 is 0 Å². The fraction of sp³-hybridized carbons (Fsp3) is 0. The van der Waals surface area contributed by atoms with Crippen molar-refractivity contribution in [2.75, 3.05) is 0 Å². The van der Waals surface area contributed by atoms with Gasteiger partial charge in [-0.25, -0.2) is 0 Å². The molecule has 0 aliphatic rings. The first-order chi connectivity index (χ1) is 2.00. The minimum Gasteiger partial charge on any atom is -0.545 e. The molecule has 0 aromatic carbocycles. The molecule has 0 fully saturated rings. The smallest absolute Gasteiger partial charge is 0 e. The van der Waals surface area contributed by atoms with Crippen molar-refractivity contribution < 1.29 is 49.3 Å². The van der Waals surface area contributed by atoms with Gasteiger partial charge >= 0.3 is 0 Å². The van der Waals surface area contributed by atoms with Gasteiger partial charge in [0, 0.05) is 39.6 Å². The summed E-state index contributed by atoms with van der Waals surface area (Å²) in [6, 6.07) is 0. The summed E-state index contributed by atoms with van der Waals surface area (Å²) < 4.78 is 0. The molecule has 0 aromatic heterocycles. The zero-order chi connectivity index (χ0) is 4.00. The largest absolute Gasteiger partial charge is 0.545 e. The molecular weight excluding hydrogens is 310 g/mol. The first-order valence-corrected chi connectivity index (χ1v) is 1.01. The molecule has 1 atom stereocenters. The van der Waals surface area contributed by atoms with E-state index in [0.717, 1.165) is 0 Å². The minimum absolute atomic E-state index is 0. The number of hydrogen-bond donors (Lipinski definition) is 1. The Morgan fingerprint density at radius 1 is 1.33 bits per heavy atom. The van der Waals surface area contributed by atoms with E-state index < -0.39 is 0 Å². The molecule has 0 bridgehead atoms. The first kappa shape index (κ1) is 26.5. The van der Waals surface area contributed by atoms with Gasteiger partial charge in [-0.05, 0) is 9.47 Å². The van der Waals surface area contributed by atoms with Gasteiger partial charge in [0.15, 0.2) is 0 Å². The molecule has 2 nitrogen and oxygen atoms in total. The third kappa shape index (κ3) is 56.4. The van der Waals surface area contributed by atoms with Crippen molar-refractivity contribution in [2.45, 2.75) is 0 Å². The van der Waals surface area contributed by atoms with E-state index in [4.69, 9.17) is 9.69 Å². The zero-order valence-electron chi connectivity index (χ0n) is 2.87. The summed E-state index contributed by atoms with van der Waals surface area (Å²) in [4.78, 5) is 14.7. The van der Waals surface area contributed by atoms with E-state index in [1.54, 1.807) is 0 Å². The van der Waals surface area contributed by atoms with Crippen molar-refractivity contribution in [1.29, 1.82) is 0 Å². The Morgan fingerprint density at radius 2 is 1.33 bits per heavy atom. The molecule has 0 rings (SSSR count). The third-order valence-electron chi connectivity index (χ3n) is 0. The van der Waals surface area contributed by atoms with Crippen molar-refractivity contribution in [1.82, 2.24) is 0 Å². The van der Waals surface area contributed by atoms with Crippen molar-refractivity contribution in [3.05, 3.63) is 0 Å². The molecule has 5 heteroatoms. The van der Waals surface area contributed by atoms with E-state index in [0.29, 0.717) is 0 Å². The molecule has 1 radical (unpaired) electrons. The number of hydrogen-bond acceptors (Lipinski definition) is 2. The summed E-state index contributed by atoms with van der Waals surface area (Å²) in [7, 11) is 1.42. The molecule has 0 saturated carbocycles. The average Bonchev–Trinajstić information content (AvgIpc) is 1.50. The Balaban J connectivity index is -0.00000000500. The molecule has 0 aliphatic carbocycles. The van der Waals surface area contributed by atoms with Crippen LogP contribution in [0.5, 0.6) is 0 Å². The van der Waals surface area contributed by atoms with Gasteiger partial charge in [-0.1, -0.05) is 0 Å². The SMILES string of the molecule is OP.[CH-]=O.[V].[W]. The van der Waals surface area contributed by atoms with Gasteiger partial charge in [-0.2, -0.15) is 0 Å². The molecule has 1 unspecified atom stereocenters. The number of rotatable bonds is 0. The van der Waals surface area contributed by atoms with E-state index in [2.05, 4.69) is 6.79 Å². The van der Waals surface area contributed by atoms with E-state index >= 15 is 0 Å². The third-order valence-corrected chi connectivity index (χ3v) is 0. The first-order valence-electron chi connectivity index (χ1n) is 0.494. The van der Waals surface area contributed by atoms with Crippen LogP contribution in [0.2, 0.25) is 0 Å². The zero-order valence-corrected chi connectivity index (χ0v) is 8.35. The van der Waals surface area contributed by atoms with Crippen molar-refractivity contribution in [3.8, 4) is 0 Å². The molecule has 1 N–H and O–H groups in total. The van der Waals surface area contributed by atoms with E-state index in [-0.39, 0.29) is 39.6 Å². The molecule has 0 aromatic rings. The average molecular weight is 314 g/mol. The van der Waals surface area contributed by atoms with Gasteiger partial charge in [-0.15, -0.1) is 0 Å². The molecule has 0 spiro atoms. The monoisotopic (exact) mass is 314 g/mol. The summed E-state index contributed by atoms with van der Waals surface area (Å²) in [5.74, 6) is 0. The van der Waals surface area contributed by atoms with Gasteiger partial charge in [0.2, 0.25) is 0 Å². The van der Waals surface area contributed by atoms with E-state index in [1.807, 2.05) is 0 Å². The van der Waals surface area contributed by atoms with Crippen LogP contribution >= 0.6 is 9.47 Å². The molecule has 37 valence electrons. The topological polar surface area (TPSA) is 37.3 Å². The second kappa shape index (κ2) is 101. The Hall–Kier alpha value is 1.33. The summed E-state index contributed by atoms with van der Waals surface area (Å²) in [6.07, 6.45) is 0. The maximum absolute atomic E-state index is 7.75. The van der Waals surface area contributed by atoms with Crippen LogP contribution in [-0.4, -0.2) is 11.7 Å². The van der Waals surface area contributed by atoms with Crippen LogP contribution in [0.1, 0.15) is 0 Å². The van der Waals surface area contributed by atoms with Crippen LogP contribution in [0.3, 0.4) is 0 Å². The Labute approximate surface area is 65.5 Å². The fourth-order valence-corrected chi connectivity index (χ4v) is 0. The maximum atomic E-state index is 7.75. The molecule has 0 aliphatic heterocycles. The van der Waals surface area contributed by atoms with Crippen LogP contribution in [0.25, 0.3) is 0 Å². The van der Waals surface area contributed by atoms with E-state index in [9.17, 15) is 0 Å². The molecule has 0 amide bonds. The maximum Gasteiger partial charge on any atom is 0 e. The summed E-state index contributed by atoms with van der Waals surface area (Å²) in [5, 5.41) is 0. The van der Waals surface area contributed by atoms with Crippen LogP contribution in [0.15, 0.2) is 0 Å². The second-order valence-electron chi connectivity index (χ2n) is 0. The Kier molecular flexibility index (Phi) is 447. The summed E-state index contributed by atoms with van der Waals surface area (Å²) in [5.41, 5.74) is 0. The van der Waals surface area contributed by atoms with Gasteiger partial charge in [0.1, 0.15) is 0 Å². The molecule has 0 saturated heterocycles.